The molecule has 0 aromatic heterocycles. The minimum atomic E-state index is -1.09. The standard InChI is InChI=1S/C14H20N2O4/c1-4-9(2)20-12-7-5-6-11(8-12)16-14(19)15-10(3)13(17)18/h5-10H,4H2,1-3H3,(H,17,18)(H2,15,16,19). The lowest BCUT2D eigenvalue weighted by molar-refractivity contribution is -0.138. The Morgan fingerprint density at radius 1 is 1.35 bits per heavy atom. The highest BCUT2D eigenvalue weighted by molar-refractivity contribution is 5.92. The lowest BCUT2D eigenvalue weighted by Crippen LogP contribution is -2.40. The van der Waals surface area contributed by atoms with E-state index in [4.69, 9.17) is 9.84 Å². The molecule has 6 nitrogen and oxygen atoms in total. The Kier molecular flexibility index (Phi) is 5.83. The monoisotopic (exact) mass is 280 g/mol. The molecule has 0 spiro atoms. The van der Waals surface area contributed by atoms with Crippen molar-refractivity contribution in [2.24, 2.45) is 0 Å². The van der Waals surface area contributed by atoms with Gasteiger partial charge in [0.2, 0.25) is 0 Å². The zero-order valence-electron chi connectivity index (χ0n) is 11.8. The van der Waals surface area contributed by atoms with Gasteiger partial charge in [-0.2, -0.15) is 0 Å². The number of carbonyl (C=O) groups is 2. The molecule has 20 heavy (non-hydrogen) atoms. The van der Waals surface area contributed by atoms with Crippen molar-refractivity contribution in [1.29, 1.82) is 0 Å². The Morgan fingerprint density at radius 3 is 2.65 bits per heavy atom. The number of anilines is 1. The maximum Gasteiger partial charge on any atom is 0.325 e. The van der Waals surface area contributed by atoms with Crippen LogP contribution < -0.4 is 15.4 Å². The molecule has 1 rings (SSSR count). The van der Waals surface area contributed by atoms with Gasteiger partial charge in [0, 0.05) is 11.8 Å². The van der Waals surface area contributed by atoms with Gasteiger partial charge in [-0.05, 0) is 32.4 Å². The molecule has 0 aliphatic carbocycles. The van der Waals surface area contributed by atoms with Crippen LogP contribution in [0.4, 0.5) is 10.5 Å². The van der Waals surface area contributed by atoms with E-state index in [-0.39, 0.29) is 6.10 Å². The van der Waals surface area contributed by atoms with Gasteiger partial charge in [0.15, 0.2) is 0 Å². The molecule has 0 aliphatic rings. The van der Waals surface area contributed by atoms with Crippen molar-refractivity contribution in [3.8, 4) is 5.75 Å². The van der Waals surface area contributed by atoms with Gasteiger partial charge in [0.1, 0.15) is 11.8 Å². The fourth-order valence-electron chi connectivity index (χ4n) is 1.39. The molecule has 6 heteroatoms. The Labute approximate surface area is 118 Å². The van der Waals surface area contributed by atoms with Crippen molar-refractivity contribution in [2.75, 3.05) is 5.32 Å². The summed E-state index contributed by atoms with van der Waals surface area (Å²) in [6, 6.07) is 5.43. The van der Waals surface area contributed by atoms with Crippen LogP contribution in [-0.2, 0) is 4.79 Å². The second-order valence-corrected chi connectivity index (χ2v) is 4.52. The number of aliphatic carboxylic acids is 1. The molecule has 0 saturated carbocycles. The number of carboxylic acid groups (broad SMARTS) is 1. The molecule has 0 heterocycles. The third kappa shape index (κ3) is 5.17. The summed E-state index contributed by atoms with van der Waals surface area (Å²) in [5.74, 6) is -0.433. The van der Waals surface area contributed by atoms with Gasteiger partial charge < -0.3 is 20.5 Å². The van der Waals surface area contributed by atoms with Crippen LogP contribution >= 0.6 is 0 Å². The molecule has 0 bridgehead atoms. The summed E-state index contributed by atoms with van der Waals surface area (Å²) in [4.78, 5) is 22.2. The number of carboxylic acids is 1. The SMILES string of the molecule is CCC(C)Oc1cccc(NC(=O)NC(C)C(=O)O)c1. The molecule has 0 fully saturated rings. The summed E-state index contributed by atoms with van der Waals surface area (Å²) in [6.45, 7) is 5.37. The highest BCUT2D eigenvalue weighted by Gasteiger charge is 2.13. The van der Waals surface area contributed by atoms with E-state index in [1.807, 2.05) is 13.8 Å². The molecule has 0 aliphatic heterocycles. The first kappa shape index (κ1) is 15.8. The first-order chi connectivity index (χ1) is 9.42. The minimum absolute atomic E-state index is 0.0890. The van der Waals surface area contributed by atoms with E-state index in [1.54, 1.807) is 24.3 Å². The van der Waals surface area contributed by atoms with Gasteiger partial charge in [-0.15, -0.1) is 0 Å². The number of amides is 2. The zero-order valence-corrected chi connectivity index (χ0v) is 11.8. The Morgan fingerprint density at radius 2 is 2.05 bits per heavy atom. The maximum absolute atomic E-state index is 11.6. The van der Waals surface area contributed by atoms with E-state index >= 15 is 0 Å². The number of nitrogens with one attached hydrogen (secondary N) is 2. The van der Waals surface area contributed by atoms with Crippen LogP contribution in [0.25, 0.3) is 0 Å². The smallest absolute Gasteiger partial charge is 0.325 e. The van der Waals surface area contributed by atoms with Gasteiger partial charge in [-0.25, -0.2) is 4.79 Å². The van der Waals surface area contributed by atoms with Crippen LogP contribution in [0.2, 0.25) is 0 Å². The predicted octanol–water partition coefficient (Wildman–Crippen LogP) is 2.46. The molecule has 1 aromatic carbocycles. The predicted molar refractivity (Wildman–Crippen MR) is 76.1 cm³/mol. The third-order valence-electron chi connectivity index (χ3n) is 2.72. The van der Waals surface area contributed by atoms with Crippen LogP contribution in [-0.4, -0.2) is 29.3 Å². The molecule has 2 atom stereocenters. The highest BCUT2D eigenvalue weighted by Crippen LogP contribution is 2.19. The second-order valence-electron chi connectivity index (χ2n) is 4.52. The average Bonchev–Trinajstić information content (AvgIpc) is 2.38. The largest absolute Gasteiger partial charge is 0.491 e. The molecule has 110 valence electrons. The maximum atomic E-state index is 11.6. The Balaban J connectivity index is 2.61. The Bertz CT molecular complexity index is 476. The van der Waals surface area contributed by atoms with Crippen molar-refractivity contribution < 1.29 is 19.4 Å². The van der Waals surface area contributed by atoms with Gasteiger partial charge in [0.05, 0.1) is 6.10 Å². The number of rotatable bonds is 6. The van der Waals surface area contributed by atoms with Gasteiger partial charge in [-0.3, -0.25) is 4.79 Å². The van der Waals surface area contributed by atoms with E-state index in [1.165, 1.54) is 6.92 Å². The van der Waals surface area contributed by atoms with E-state index in [9.17, 15) is 9.59 Å². The lowest BCUT2D eigenvalue weighted by atomic mass is 10.2. The molecular formula is C14H20N2O4. The van der Waals surface area contributed by atoms with Gasteiger partial charge in [0.25, 0.3) is 0 Å². The normalized spacial score (nSPS) is 13.2. The van der Waals surface area contributed by atoms with E-state index < -0.39 is 18.0 Å². The van der Waals surface area contributed by atoms with E-state index in [0.29, 0.717) is 11.4 Å². The third-order valence-corrected chi connectivity index (χ3v) is 2.72. The van der Waals surface area contributed by atoms with Crippen LogP contribution in [0.5, 0.6) is 5.75 Å². The number of hydrogen-bond acceptors (Lipinski definition) is 3. The summed E-state index contributed by atoms with van der Waals surface area (Å²) in [5.41, 5.74) is 0.542. The summed E-state index contributed by atoms with van der Waals surface area (Å²) >= 11 is 0. The highest BCUT2D eigenvalue weighted by atomic mass is 16.5. The van der Waals surface area contributed by atoms with Crippen LogP contribution in [0.15, 0.2) is 24.3 Å². The fourth-order valence-corrected chi connectivity index (χ4v) is 1.39. The van der Waals surface area contributed by atoms with Crippen LogP contribution in [0.1, 0.15) is 27.2 Å². The number of urea groups is 1. The first-order valence-corrected chi connectivity index (χ1v) is 6.49. The van der Waals surface area contributed by atoms with Crippen molar-refractivity contribution in [3.05, 3.63) is 24.3 Å². The molecule has 0 radical (unpaired) electrons. The summed E-state index contributed by atoms with van der Waals surface area (Å²) in [5, 5.41) is 13.6. The minimum Gasteiger partial charge on any atom is -0.491 e. The first-order valence-electron chi connectivity index (χ1n) is 6.49. The average molecular weight is 280 g/mol. The number of benzene rings is 1. The number of hydrogen-bond donors (Lipinski definition) is 3. The van der Waals surface area contributed by atoms with Crippen molar-refractivity contribution in [1.82, 2.24) is 5.32 Å². The van der Waals surface area contributed by atoms with Crippen LogP contribution in [0.3, 0.4) is 0 Å². The van der Waals surface area contributed by atoms with E-state index in [0.717, 1.165) is 6.42 Å². The van der Waals surface area contributed by atoms with E-state index in [2.05, 4.69) is 10.6 Å². The molecule has 0 saturated heterocycles. The topological polar surface area (TPSA) is 87.7 Å². The van der Waals surface area contributed by atoms with Gasteiger partial charge >= 0.3 is 12.0 Å². The summed E-state index contributed by atoms with van der Waals surface area (Å²) in [6.07, 6.45) is 0.972. The molecule has 2 unspecified atom stereocenters. The number of carbonyl (C=O) groups excluding carboxylic acids is 1. The molecule has 1 aromatic rings. The second kappa shape index (κ2) is 7.37. The van der Waals surface area contributed by atoms with Crippen molar-refractivity contribution in [2.45, 2.75) is 39.3 Å². The number of ether oxygens (including phenoxy) is 1. The Hall–Kier alpha value is -2.24. The quantitative estimate of drug-likeness (QED) is 0.747. The van der Waals surface area contributed by atoms with Crippen molar-refractivity contribution in [3.63, 3.8) is 0 Å². The molecule has 2 amide bonds. The van der Waals surface area contributed by atoms with Crippen LogP contribution in [0, 0.1) is 0 Å². The lowest BCUT2D eigenvalue weighted by Gasteiger charge is -2.14. The fraction of sp³-hybridized carbons (Fsp3) is 0.429. The van der Waals surface area contributed by atoms with Crippen molar-refractivity contribution >= 4 is 17.7 Å². The molecular weight excluding hydrogens is 260 g/mol. The zero-order chi connectivity index (χ0) is 15.1. The molecule has 3 N–H and O–H groups in total. The summed E-state index contributed by atoms with van der Waals surface area (Å²) < 4.78 is 5.64. The summed E-state index contributed by atoms with van der Waals surface area (Å²) in [7, 11) is 0. The van der Waals surface area contributed by atoms with Gasteiger partial charge in [-0.1, -0.05) is 13.0 Å².